The Morgan fingerprint density at radius 3 is 2.55 bits per heavy atom. The maximum atomic E-state index is 14.6. The Labute approximate surface area is 363 Å². The van der Waals surface area contributed by atoms with Gasteiger partial charge < -0.3 is 34.5 Å². The number of likely N-dealkylation sites (N-methyl/N-ethyl adjacent to an activating group) is 1. The molecule has 4 N–H and O–H groups in total. The first-order valence-electron chi connectivity index (χ1n) is 22.0. The molecule has 1 aliphatic carbocycles. The molecular weight excluding hydrogens is 789 g/mol. The monoisotopic (exact) mass is 850 g/mol. The zero-order valence-corrected chi connectivity index (χ0v) is 37.2. The molecular formula is C48H62N6O8. The van der Waals surface area contributed by atoms with E-state index in [1.165, 1.54) is 9.91 Å². The smallest absolute Gasteiger partial charge is 0.324 e. The van der Waals surface area contributed by atoms with Crippen LogP contribution < -0.4 is 10.7 Å². The van der Waals surface area contributed by atoms with Crippen LogP contribution in [-0.2, 0) is 48.0 Å². The lowest BCUT2D eigenvalue weighted by Gasteiger charge is -2.38. The molecule has 2 aromatic carbocycles. The van der Waals surface area contributed by atoms with Crippen LogP contribution in [0.5, 0.6) is 5.75 Å². The van der Waals surface area contributed by atoms with Gasteiger partial charge in [0.15, 0.2) is 0 Å². The molecule has 4 heterocycles. The summed E-state index contributed by atoms with van der Waals surface area (Å²) < 4.78 is 14.2. The second-order valence-corrected chi connectivity index (χ2v) is 18.5. The Morgan fingerprint density at radius 2 is 1.85 bits per heavy atom. The number of aromatic nitrogens is 2. The van der Waals surface area contributed by atoms with Crippen molar-refractivity contribution in [2.24, 2.45) is 17.3 Å². The molecule has 6 bridgehead atoms. The number of cyclic esters (lactones) is 1. The van der Waals surface area contributed by atoms with Gasteiger partial charge in [-0.1, -0.05) is 39.8 Å². The van der Waals surface area contributed by atoms with E-state index in [9.17, 15) is 29.4 Å². The number of nitrogens with zero attached hydrogens (tertiary/aromatic N) is 4. The lowest BCUT2D eigenvalue weighted by atomic mass is 9.81. The lowest BCUT2D eigenvalue weighted by Crippen LogP contribution is -2.62. The van der Waals surface area contributed by atoms with Gasteiger partial charge in [0.1, 0.15) is 23.9 Å². The Bertz CT molecular complexity index is 2330. The zero-order valence-electron chi connectivity index (χ0n) is 37.2. The van der Waals surface area contributed by atoms with Gasteiger partial charge in [-0.2, -0.15) is 0 Å². The number of hydrogen-bond acceptors (Lipinski definition) is 10. The molecule has 3 aliphatic rings. The average molecular weight is 851 g/mol. The van der Waals surface area contributed by atoms with Gasteiger partial charge >= 0.3 is 5.97 Å². The van der Waals surface area contributed by atoms with E-state index in [1.54, 1.807) is 32.5 Å². The molecule has 2 aliphatic heterocycles. The number of aryl methyl sites for hydroxylation is 1. The number of phenols is 1. The van der Waals surface area contributed by atoms with Crippen molar-refractivity contribution < 1.29 is 38.9 Å². The number of ether oxygens (including phenoxy) is 2. The van der Waals surface area contributed by atoms with E-state index < -0.39 is 47.4 Å². The number of carbonyl (C=O) groups excluding carboxylic acids is 4. The van der Waals surface area contributed by atoms with Crippen molar-refractivity contribution in [2.45, 2.75) is 117 Å². The molecule has 2 fully saturated rings. The summed E-state index contributed by atoms with van der Waals surface area (Å²) in [4.78, 5) is 62.4. The normalized spacial score (nSPS) is 22.6. The number of aliphatic hydroxyl groups excluding tert-OH is 1. The molecule has 14 heteroatoms. The topological polar surface area (TPSA) is 176 Å². The number of phenolic OH excluding ortho intramolecular Hbond substituents is 1. The first kappa shape index (κ1) is 44.7. The highest BCUT2D eigenvalue weighted by Gasteiger charge is 2.41. The standard InChI is InChI=1S/C48H62N6O8/c1-9-53-40-15-14-30-24-36(40)37(43(53)35-12-10-16-49-41(35)28(4)61-8)25-48(5,6)26-62-47(60)38-13-11-17-54(51-38)46(59)39(20-29-18-31(30)21-33(55)19-29)50-44(57)42(27(2)3)52(7)45(58)32-22-34(56)23-32/h10,12,14-16,18-19,21,24,27-28,32,34,38-39,42,51,55-56H,9,11,13,17,20,22-23,25-26H2,1-8H3,(H,50,57)/t28-,32?,34?,38-,39-,42-/m0/s1. The van der Waals surface area contributed by atoms with Crippen molar-refractivity contribution in [3.05, 3.63) is 71.5 Å². The van der Waals surface area contributed by atoms with Crippen molar-refractivity contribution >= 4 is 34.6 Å². The molecule has 3 amide bonds. The fourth-order valence-corrected chi connectivity index (χ4v) is 9.46. The van der Waals surface area contributed by atoms with Gasteiger partial charge in [-0.15, -0.1) is 0 Å². The number of esters is 1. The van der Waals surface area contributed by atoms with E-state index in [-0.39, 0.29) is 42.6 Å². The Hall–Kier alpha value is -5.31. The lowest BCUT2D eigenvalue weighted by molar-refractivity contribution is -0.155. The van der Waals surface area contributed by atoms with Crippen LogP contribution in [0.2, 0.25) is 0 Å². The predicted octanol–water partition coefficient (Wildman–Crippen LogP) is 5.71. The number of pyridine rings is 1. The average Bonchev–Trinajstić information content (AvgIpc) is 3.54. The van der Waals surface area contributed by atoms with E-state index >= 15 is 0 Å². The van der Waals surface area contributed by atoms with Crippen LogP contribution >= 0.6 is 0 Å². The number of fused-ring (bicyclic) bond motifs is 6. The molecule has 1 saturated heterocycles. The summed E-state index contributed by atoms with van der Waals surface area (Å²) in [5, 5.41) is 26.5. The third-order valence-corrected chi connectivity index (χ3v) is 12.8. The SMILES string of the molecule is CCn1c(-c2cccnc2[C@H](C)OC)c2c3cc(ccc31)-c1cc(O)cc(c1)C[C@H](NC(=O)[C@H](C(C)C)N(C)C(=O)C1CC(O)C1)C(=O)N1CCC[C@H](N1)C(=O)OCC(C)(C)C2. The molecule has 0 unspecified atom stereocenters. The summed E-state index contributed by atoms with van der Waals surface area (Å²) in [6.07, 6.45) is 3.19. The number of hydrazine groups is 1. The highest BCUT2D eigenvalue weighted by molar-refractivity contribution is 5.96. The molecule has 62 heavy (non-hydrogen) atoms. The molecule has 0 radical (unpaired) electrons. The van der Waals surface area contributed by atoms with E-state index in [0.717, 1.165) is 44.5 Å². The molecule has 0 spiro atoms. The highest BCUT2D eigenvalue weighted by Crippen LogP contribution is 2.42. The molecule has 14 nitrogen and oxygen atoms in total. The van der Waals surface area contributed by atoms with Crippen molar-refractivity contribution in [1.29, 1.82) is 0 Å². The van der Waals surface area contributed by atoms with E-state index in [4.69, 9.17) is 14.5 Å². The molecule has 7 rings (SSSR count). The van der Waals surface area contributed by atoms with Gasteiger partial charge in [0.25, 0.3) is 5.91 Å². The van der Waals surface area contributed by atoms with Gasteiger partial charge in [-0.05, 0) is 111 Å². The number of aliphatic hydroxyl groups is 1. The minimum atomic E-state index is -1.13. The largest absolute Gasteiger partial charge is 0.508 e. The summed E-state index contributed by atoms with van der Waals surface area (Å²) in [5.74, 6) is -2.34. The van der Waals surface area contributed by atoms with E-state index in [2.05, 4.69) is 54.3 Å². The molecule has 2 aromatic heterocycles. The van der Waals surface area contributed by atoms with Crippen molar-refractivity contribution in [3.63, 3.8) is 0 Å². The summed E-state index contributed by atoms with van der Waals surface area (Å²) in [6.45, 7) is 13.0. The highest BCUT2D eigenvalue weighted by atomic mass is 16.5. The van der Waals surface area contributed by atoms with Gasteiger partial charge in [0.2, 0.25) is 11.8 Å². The molecule has 1 saturated carbocycles. The summed E-state index contributed by atoms with van der Waals surface area (Å²) in [7, 11) is 3.26. The second kappa shape index (κ2) is 18.2. The third-order valence-electron chi connectivity index (χ3n) is 12.8. The van der Waals surface area contributed by atoms with Crippen molar-refractivity contribution in [2.75, 3.05) is 27.3 Å². The fraction of sp³-hybridized carbons (Fsp3) is 0.521. The van der Waals surface area contributed by atoms with Crippen molar-refractivity contribution in [3.8, 4) is 28.1 Å². The number of aromatic hydroxyl groups is 1. The first-order valence-corrected chi connectivity index (χ1v) is 22.0. The van der Waals surface area contributed by atoms with E-state index in [1.807, 2.05) is 39.0 Å². The van der Waals surface area contributed by atoms with Crippen molar-refractivity contribution in [1.82, 2.24) is 30.2 Å². The fourth-order valence-electron chi connectivity index (χ4n) is 9.46. The van der Waals surface area contributed by atoms with Crippen LogP contribution in [0.1, 0.15) is 90.2 Å². The predicted molar refractivity (Wildman–Crippen MR) is 235 cm³/mol. The molecule has 332 valence electrons. The summed E-state index contributed by atoms with van der Waals surface area (Å²) >= 11 is 0. The minimum absolute atomic E-state index is 0.00163. The Kier molecular flexibility index (Phi) is 13.1. The number of nitrogens with one attached hydrogen (secondary N) is 2. The third kappa shape index (κ3) is 9.09. The number of hydrogen-bond donors (Lipinski definition) is 4. The summed E-state index contributed by atoms with van der Waals surface area (Å²) in [6, 6.07) is 12.6. The zero-order chi connectivity index (χ0) is 44.6. The van der Waals surface area contributed by atoms with Gasteiger partial charge in [0.05, 0.1) is 30.2 Å². The van der Waals surface area contributed by atoms with Gasteiger partial charge in [0, 0.05) is 67.7 Å². The minimum Gasteiger partial charge on any atom is -0.508 e. The number of benzene rings is 2. The van der Waals surface area contributed by atoms with Crippen LogP contribution in [0.4, 0.5) is 0 Å². The number of carbonyl (C=O) groups is 4. The molecule has 4 atom stereocenters. The maximum Gasteiger partial charge on any atom is 0.324 e. The number of amides is 3. The van der Waals surface area contributed by atoms with Crippen LogP contribution in [0.25, 0.3) is 33.3 Å². The first-order chi connectivity index (χ1) is 29.5. The second-order valence-electron chi connectivity index (χ2n) is 18.5. The van der Waals surface area contributed by atoms with Gasteiger partial charge in [-0.25, -0.2) is 5.43 Å². The summed E-state index contributed by atoms with van der Waals surface area (Å²) in [5.41, 5.74) is 9.60. The Balaban J connectivity index is 1.34. The Morgan fingerprint density at radius 1 is 1.10 bits per heavy atom. The van der Waals surface area contributed by atoms with E-state index in [0.29, 0.717) is 50.8 Å². The van der Waals surface area contributed by atoms with Gasteiger partial charge in [-0.3, -0.25) is 29.2 Å². The molecule has 4 aromatic rings. The van der Waals surface area contributed by atoms with Crippen LogP contribution in [0, 0.1) is 17.3 Å². The van der Waals surface area contributed by atoms with Crippen LogP contribution in [0.3, 0.4) is 0 Å². The quantitative estimate of drug-likeness (QED) is 0.153. The maximum absolute atomic E-state index is 14.6. The number of rotatable bonds is 9. The number of methoxy groups -OCH3 is 1. The van der Waals surface area contributed by atoms with Crippen LogP contribution in [-0.4, -0.2) is 105 Å². The van der Waals surface area contributed by atoms with Crippen LogP contribution in [0.15, 0.2) is 54.7 Å².